The molecule has 0 atom stereocenters. The van der Waals surface area contributed by atoms with Crippen molar-refractivity contribution in [3.05, 3.63) is 0 Å². The fraction of sp³-hybridized carbons (Fsp3) is 0. The second kappa shape index (κ2) is 25.9. The Balaban J connectivity index is -0.0000000275. The van der Waals surface area contributed by atoms with Crippen LogP contribution >= 0.6 is 0 Å². The molecule has 0 saturated carbocycles. The Morgan fingerprint density at radius 3 is 1.17 bits per heavy atom. The molecule has 6 heavy (non-hydrogen) atoms. The van der Waals surface area contributed by atoms with Crippen LogP contribution in [0.15, 0.2) is 0 Å². The van der Waals surface area contributed by atoms with E-state index in [4.69, 9.17) is 0 Å². The second-order valence-corrected chi connectivity index (χ2v) is 0.303. The first kappa shape index (κ1) is 15.8. The van der Waals surface area contributed by atoms with Crippen molar-refractivity contribution in [3.8, 4) is 0 Å². The molecule has 0 N–H and O–H groups in total. The van der Waals surface area contributed by atoms with E-state index in [9.17, 15) is 9.29 Å². The van der Waals surface area contributed by atoms with Crippen LogP contribution in [0.4, 0.5) is 9.29 Å². The van der Waals surface area contributed by atoms with Crippen LogP contribution in [-0.4, -0.2) is 39.7 Å². The van der Waals surface area contributed by atoms with Crippen molar-refractivity contribution >= 4 is 39.7 Å². The van der Waals surface area contributed by atoms with Gasteiger partial charge in [-0.15, -0.1) is 0 Å². The molecule has 0 aromatic carbocycles. The van der Waals surface area contributed by atoms with Gasteiger partial charge in [-0.05, 0) is 0 Å². The SMILES string of the molecule is [F][Mg][F].[Gd].[Li][F]. The molecule has 0 unspecified atom stereocenters. The molecule has 0 aromatic heterocycles. The van der Waals surface area contributed by atoms with E-state index in [0.29, 0.717) is 18.2 Å². The molecule has 0 aliphatic rings. The molecule has 0 rings (SSSR count). The Morgan fingerprint density at radius 1 is 1.17 bits per heavy atom. The van der Waals surface area contributed by atoms with Crippen LogP contribution in [0.5, 0.6) is 0 Å². The van der Waals surface area contributed by atoms with Crippen molar-refractivity contribution in [2.45, 2.75) is 0 Å². The van der Waals surface area contributed by atoms with E-state index >= 15 is 0 Å². The number of hydrogen-bond acceptors (Lipinski definition) is 0. The predicted molar refractivity (Wildman–Crippen MR) is 14.8 cm³/mol. The van der Waals surface area contributed by atoms with Gasteiger partial charge in [0.2, 0.25) is 0 Å². The molecule has 0 aromatic rings. The molecule has 0 spiro atoms. The third-order valence-electron chi connectivity index (χ3n) is 0. The molecule has 0 nitrogen and oxygen atoms in total. The third kappa shape index (κ3) is 31.7. The zero-order valence-corrected chi connectivity index (χ0v) is 6.88. The monoisotopic (exact) mass is 246 g/mol. The van der Waals surface area contributed by atoms with Crippen LogP contribution in [0.1, 0.15) is 0 Å². The quantitative estimate of drug-likeness (QED) is 0.545. The first-order valence-corrected chi connectivity index (χ1v) is 1.98. The van der Waals surface area contributed by atoms with E-state index in [-0.39, 0.29) is 39.9 Å². The van der Waals surface area contributed by atoms with Gasteiger partial charge in [-0.25, -0.2) is 0 Å². The minimum absolute atomic E-state index is 0. The van der Waals surface area contributed by atoms with Crippen molar-refractivity contribution in [1.82, 2.24) is 0 Å². The Hall–Kier alpha value is 2.48. The first-order chi connectivity index (χ1) is 2.41. The molecule has 0 aliphatic heterocycles. The van der Waals surface area contributed by atoms with Crippen molar-refractivity contribution in [1.29, 1.82) is 0 Å². The Kier molecular flexibility index (Phi) is 68.3. The van der Waals surface area contributed by atoms with Crippen LogP contribution in [0.2, 0.25) is 0 Å². The summed E-state index contributed by atoms with van der Waals surface area (Å²) < 4.78 is 29.0. The van der Waals surface area contributed by atoms with Crippen molar-refractivity contribution < 1.29 is 49.2 Å². The van der Waals surface area contributed by atoms with E-state index in [1.54, 1.807) is 0 Å². The minimum atomic E-state index is -2.58. The Labute approximate surface area is 87.3 Å². The number of hydrogen-bond donors (Lipinski definition) is 0. The van der Waals surface area contributed by atoms with Crippen LogP contribution in [0.3, 0.4) is 0 Å². The van der Waals surface area contributed by atoms with Crippen LogP contribution in [-0.2, 0) is 0 Å². The molecule has 0 bridgehead atoms. The van der Waals surface area contributed by atoms with E-state index in [0.717, 1.165) is 0 Å². The maximum absolute atomic E-state index is 9.76. The van der Waals surface area contributed by atoms with E-state index < -0.39 is 21.5 Å². The van der Waals surface area contributed by atoms with Gasteiger partial charge in [0.15, 0.2) is 0 Å². The summed E-state index contributed by atoms with van der Waals surface area (Å²) in [5.41, 5.74) is 0. The molecule has 32 valence electrons. The van der Waals surface area contributed by atoms with Gasteiger partial charge in [0.1, 0.15) is 0 Å². The van der Waals surface area contributed by atoms with E-state index in [1.165, 1.54) is 0 Å². The van der Waals surface area contributed by atoms with Crippen LogP contribution in [0.25, 0.3) is 0 Å². The second-order valence-electron chi connectivity index (χ2n) is 0.101. The summed E-state index contributed by atoms with van der Waals surface area (Å²) in [6.07, 6.45) is 0. The fourth-order valence-corrected chi connectivity index (χ4v) is 0. The van der Waals surface area contributed by atoms with Crippen molar-refractivity contribution in [3.63, 3.8) is 0 Å². The zero-order chi connectivity index (χ0) is 4.71. The fourth-order valence-electron chi connectivity index (χ4n) is 0. The summed E-state index contributed by atoms with van der Waals surface area (Å²) in [4.78, 5) is 0. The van der Waals surface area contributed by atoms with Gasteiger partial charge < -0.3 is 5.91 Å². The molecule has 0 radical (unpaired) electrons. The molecule has 0 saturated heterocycles. The molecule has 0 amide bonds. The summed E-state index contributed by atoms with van der Waals surface area (Å²) in [5, 5.41) is 0. The maximum atomic E-state index is 9.76. The summed E-state index contributed by atoms with van der Waals surface area (Å²) in [5.74, 6) is 0. The molecule has 0 fully saturated rings. The zero-order valence-electron chi connectivity index (χ0n) is 3.19. The van der Waals surface area contributed by atoms with Gasteiger partial charge in [-0.1, -0.05) is 0 Å². The number of rotatable bonds is 0. The summed E-state index contributed by atoms with van der Waals surface area (Å²) >= 11 is -2.08. The van der Waals surface area contributed by atoms with Crippen LogP contribution < -0.4 is 0 Å². The molecular weight excluding hydrogens is 245 g/mol. The summed E-state index contributed by atoms with van der Waals surface area (Å²) in [7, 11) is 0. The van der Waals surface area contributed by atoms with Gasteiger partial charge in [0.05, 0.1) is 0 Å². The molecule has 0 aliphatic carbocycles. The van der Waals surface area contributed by atoms with Gasteiger partial charge in [-0.3, -0.25) is 0 Å². The van der Waals surface area contributed by atoms with Crippen LogP contribution in [0, 0.1) is 39.9 Å². The standard InChI is InChI=1S/3FH.Gd.Li.Mg/h3*1H;;;/q;;;;+1;+2/p-3. The van der Waals surface area contributed by atoms with Gasteiger partial charge in [-0.2, -0.15) is 0 Å². The predicted octanol–water partition coefficient (Wildman–Crippen LogP) is 0.499. The first-order valence-electron chi connectivity index (χ1n) is 0.912. The Morgan fingerprint density at radius 2 is 1.17 bits per heavy atom. The summed E-state index contributed by atoms with van der Waals surface area (Å²) in [6, 6.07) is 0. The average molecular weight is 245 g/mol. The molecular formula is F3GdLiMg. The van der Waals surface area contributed by atoms with Gasteiger partial charge in [0.25, 0.3) is 0 Å². The molecule has 6 heteroatoms. The third-order valence-corrected chi connectivity index (χ3v) is 0. The Bertz CT molecular complexity index is 10.8. The van der Waals surface area contributed by atoms with E-state index in [2.05, 4.69) is 0 Å². The summed E-state index contributed by atoms with van der Waals surface area (Å²) in [6.45, 7) is 0. The van der Waals surface area contributed by atoms with Crippen molar-refractivity contribution in [2.24, 2.45) is 0 Å². The average Bonchev–Trinajstić information content (AvgIpc) is 1.46. The normalized spacial score (nSPS) is 2.83. The number of halogens is 3. The van der Waals surface area contributed by atoms with E-state index in [1.807, 2.05) is 0 Å². The van der Waals surface area contributed by atoms with Crippen molar-refractivity contribution in [2.75, 3.05) is 0 Å². The van der Waals surface area contributed by atoms with Gasteiger partial charge >= 0.3 is 43.1 Å². The van der Waals surface area contributed by atoms with Gasteiger partial charge in [0, 0.05) is 39.9 Å². The molecule has 0 heterocycles. The topological polar surface area (TPSA) is 0 Å².